The van der Waals surface area contributed by atoms with Gasteiger partial charge < -0.3 is 0 Å². The molecule has 0 radical (unpaired) electrons. The Hall–Kier alpha value is -0.400. The Kier molecular flexibility index (Phi) is 5.08. The number of rotatable bonds is 5. The van der Waals surface area contributed by atoms with Gasteiger partial charge in [0.15, 0.2) is 0 Å². The fourth-order valence-electron chi connectivity index (χ4n) is 1.02. The molecule has 66 valence electrons. The monoisotopic (exact) mass is 156 g/mol. The van der Waals surface area contributed by atoms with Crippen LogP contribution >= 0.6 is 0 Å². The average molecular weight is 156 g/mol. The topological polar surface area (TPSA) is 36.2 Å². The van der Waals surface area contributed by atoms with Crippen molar-refractivity contribution in [1.29, 1.82) is 5.53 Å². The van der Waals surface area contributed by atoms with E-state index in [4.69, 9.17) is 5.53 Å². The van der Waals surface area contributed by atoms with Crippen LogP contribution in [0, 0.1) is 10.9 Å². The average Bonchev–Trinajstić information content (AvgIpc) is 1.85. The summed E-state index contributed by atoms with van der Waals surface area (Å²) < 4.78 is 0. The maximum absolute atomic E-state index is 6.59. The fraction of sp³-hybridized carbons (Fsp3) is 1.00. The molecule has 0 aromatic carbocycles. The summed E-state index contributed by atoms with van der Waals surface area (Å²) in [5.74, 6) is 0. The maximum Gasteiger partial charge on any atom is 0.0596 e. The van der Waals surface area contributed by atoms with Gasteiger partial charge in [-0.25, -0.2) is 5.53 Å². The van der Waals surface area contributed by atoms with E-state index in [1.165, 1.54) is 19.3 Å². The molecule has 0 aromatic heterocycles. The van der Waals surface area contributed by atoms with Crippen LogP contribution in [0.15, 0.2) is 5.11 Å². The molecule has 0 unspecified atom stereocenters. The minimum atomic E-state index is 0.470. The van der Waals surface area contributed by atoms with Gasteiger partial charge in [0.2, 0.25) is 0 Å². The molecule has 0 atom stereocenters. The van der Waals surface area contributed by atoms with E-state index in [0.717, 1.165) is 6.42 Å². The van der Waals surface area contributed by atoms with Crippen LogP contribution < -0.4 is 0 Å². The van der Waals surface area contributed by atoms with E-state index in [-0.39, 0.29) is 0 Å². The van der Waals surface area contributed by atoms with Crippen molar-refractivity contribution in [2.45, 2.75) is 46.5 Å². The first-order chi connectivity index (χ1) is 5.06. The van der Waals surface area contributed by atoms with Crippen LogP contribution in [0.2, 0.25) is 0 Å². The van der Waals surface area contributed by atoms with E-state index in [9.17, 15) is 0 Å². The molecule has 1 N–H and O–H groups in total. The van der Waals surface area contributed by atoms with Gasteiger partial charge in [-0.15, -0.1) is 0 Å². The van der Waals surface area contributed by atoms with Crippen molar-refractivity contribution in [2.24, 2.45) is 10.5 Å². The summed E-state index contributed by atoms with van der Waals surface area (Å²) in [7, 11) is 0. The highest BCUT2D eigenvalue weighted by atomic mass is 14.9. The highest BCUT2D eigenvalue weighted by Gasteiger charge is 2.08. The summed E-state index contributed by atoms with van der Waals surface area (Å²) >= 11 is 0. The molecule has 0 aliphatic heterocycles. The van der Waals surface area contributed by atoms with Gasteiger partial charge in [0, 0.05) is 0 Å². The highest BCUT2D eigenvalue weighted by Crippen LogP contribution is 2.21. The molecule has 0 amide bonds. The summed E-state index contributed by atoms with van der Waals surface area (Å²) in [6, 6.07) is 0. The van der Waals surface area contributed by atoms with Crippen molar-refractivity contribution in [3.63, 3.8) is 0 Å². The van der Waals surface area contributed by atoms with Gasteiger partial charge in [0.1, 0.15) is 0 Å². The van der Waals surface area contributed by atoms with Crippen molar-refractivity contribution in [2.75, 3.05) is 6.54 Å². The molecule has 0 aliphatic carbocycles. The predicted octanol–water partition coefficient (Wildman–Crippen LogP) is 3.62. The summed E-state index contributed by atoms with van der Waals surface area (Å²) in [5.41, 5.74) is 7.06. The number of hydrogen-bond acceptors (Lipinski definition) is 2. The Morgan fingerprint density at radius 2 is 1.73 bits per heavy atom. The third-order valence-electron chi connectivity index (χ3n) is 1.70. The van der Waals surface area contributed by atoms with Crippen molar-refractivity contribution in [3.05, 3.63) is 0 Å². The SMILES string of the molecule is CC(C)(C)CCCCCN=N. The maximum atomic E-state index is 6.59. The summed E-state index contributed by atoms with van der Waals surface area (Å²) in [5, 5.41) is 3.32. The van der Waals surface area contributed by atoms with Gasteiger partial charge >= 0.3 is 0 Å². The van der Waals surface area contributed by atoms with Crippen LogP contribution in [0.4, 0.5) is 0 Å². The number of nitrogens with one attached hydrogen (secondary N) is 1. The first-order valence-electron chi connectivity index (χ1n) is 4.39. The molecular formula is C9H20N2. The molecule has 0 bridgehead atoms. The molecule has 11 heavy (non-hydrogen) atoms. The van der Waals surface area contributed by atoms with Gasteiger partial charge in [-0.2, -0.15) is 5.11 Å². The van der Waals surface area contributed by atoms with Crippen molar-refractivity contribution in [1.82, 2.24) is 0 Å². The normalized spacial score (nSPS) is 11.5. The first-order valence-corrected chi connectivity index (χ1v) is 4.39. The van der Waals surface area contributed by atoms with E-state index in [1.54, 1.807) is 0 Å². The Morgan fingerprint density at radius 1 is 1.09 bits per heavy atom. The smallest absolute Gasteiger partial charge is 0.0596 e. The van der Waals surface area contributed by atoms with Gasteiger partial charge in [0.25, 0.3) is 0 Å². The second-order valence-corrected chi connectivity index (χ2v) is 4.25. The van der Waals surface area contributed by atoms with Crippen molar-refractivity contribution < 1.29 is 0 Å². The van der Waals surface area contributed by atoms with Crippen LogP contribution in [-0.4, -0.2) is 6.54 Å². The zero-order chi connectivity index (χ0) is 8.74. The molecule has 0 rings (SSSR count). The van der Waals surface area contributed by atoms with Crippen molar-refractivity contribution in [3.8, 4) is 0 Å². The Balaban J connectivity index is 3.08. The lowest BCUT2D eigenvalue weighted by Crippen LogP contribution is -2.03. The van der Waals surface area contributed by atoms with Crippen molar-refractivity contribution >= 4 is 0 Å². The highest BCUT2D eigenvalue weighted by molar-refractivity contribution is 4.60. The second-order valence-electron chi connectivity index (χ2n) is 4.25. The lowest BCUT2D eigenvalue weighted by molar-refractivity contribution is 0.358. The van der Waals surface area contributed by atoms with E-state index < -0.39 is 0 Å². The molecule has 0 fully saturated rings. The molecule has 0 saturated heterocycles. The quantitative estimate of drug-likeness (QED) is 0.466. The Morgan fingerprint density at radius 3 is 2.18 bits per heavy atom. The van der Waals surface area contributed by atoms with E-state index in [1.807, 2.05) is 0 Å². The molecule has 0 saturated carbocycles. The molecule has 0 aromatic rings. The minimum absolute atomic E-state index is 0.470. The molecule has 2 nitrogen and oxygen atoms in total. The van der Waals surface area contributed by atoms with Gasteiger partial charge in [-0.3, -0.25) is 0 Å². The fourth-order valence-corrected chi connectivity index (χ4v) is 1.02. The lowest BCUT2D eigenvalue weighted by Gasteiger charge is -2.17. The van der Waals surface area contributed by atoms with Crippen LogP contribution in [0.5, 0.6) is 0 Å². The van der Waals surface area contributed by atoms with Crippen LogP contribution in [0.25, 0.3) is 0 Å². The third-order valence-corrected chi connectivity index (χ3v) is 1.70. The predicted molar refractivity (Wildman–Crippen MR) is 47.9 cm³/mol. The van der Waals surface area contributed by atoms with Gasteiger partial charge in [0.05, 0.1) is 6.54 Å². The zero-order valence-corrected chi connectivity index (χ0v) is 7.98. The number of unbranched alkanes of at least 4 members (excludes halogenated alkanes) is 2. The first kappa shape index (κ1) is 10.6. The largest absolute Gasteiger partial charge is 0.210 e. The summed E-state index contributed by atoms with van der Waals surface area (Å²) in [4.78, 5) is 0. The van der Waals surface area contributed by atoms with E-state index in [0.29, 0.717) is 12.0 Å². The van der Waals surface area contributed by atoms with E-state index >= 15 is 0 Å². The molecular weight excluding hydrogens is 136 g/mol. The molecule has 0 aliphatic rings. The minimum Gasteiger partial charge on any atom is -0.210 e. The summed E-state index contributed by atoms with van der Waals surface area (Å²) in [6.07, 6.45) is 4.86. The molecule has 0 heterocycles. The molecule has 2 heteroatoms. The zero-order valence-electron chi connectivity index (χ0n) is 7.98. The van der Waals surface area contributed by atoms with E-state index in [2.05, 4.69) is 25.9 Å². The van der Waals surface area contributed by atoms with Crippen LogP contribution in [0.3, 0.4) is 0 Å². The van der Waals surface area contributed by atoms with Crippen LogP contribution in [-0.2, 0) is 0 Å². The van der Waals surface area contributed by atoms with Gasteiger partial charge in [-0.05, 0) is 18.3 Å². The Labute approximate surface area is 69.9 Å². The number of hydrogen-bond donors (Lipinski definition) is 1. The van der Waals surface area contributed by atoms with Crippen LogP contribution in [0.1, 0.15) is 46.5 Å². The summed E-state index contributed by atoms with van der Waals surface area (Å²) in [6.45, 7) is 7.51. The van der Waals surface area contributed by atoms with Gasteiger partial charge in [-0.1, -0.05) is 33.6 Å². The standard InChI is InChI=1S/C9H20N2/c1-9(2,3)7-5-4-6-8-11-10/h10H,4-8H2,1-3H3. The molecule has 0 spiro atoms. The third kappa shape index (κ3) is 9.60. The lowest BCUT2D eigenvalue weighted by atomic mass is 9.89. The number of nitrogens with zero attached hydrogens (tertiary/aromatic N) is 1. The second kappa shape index (κ2) is 5.28. The Bertz CT molecular complexity index is 103.